The molecule has 31 heavy (non-hydrogen) atoms. The molecule has 0 bridgehead atoms. The van der Waals surface area contributed by atoms with Gasteiger partial charge in [0.25, 0.3) is 0 Å². The molecule has 4 heterocycles. The Hall–Kier alpha value is -2.11. The van der Waals surface area contributed by atoms with Crippen LogP contribution in [0.5, 0.6) is 0 Å². The van der Waals surface area contributed by atoms with Crippen LogP contribution >= 0.6 is 11.3 Å². The average molecular weight is 437 g/mol. The highest BCUT2D eigenvalue weighted by Gasteiger charge is 2.26. The third kappa shape index (κ3) is 4.06. The Kier molecular flexibility index (Phi) is 5.89. The molecule has 5 heteroatoms. The number of amides is 1. The first kappa shape index (κ1) is 20.8. The number of likely N-dealkylation sites (tertiary alicyclic amines) is 1. The fraction of sp³-hybridized carbons (Fsp3) is 0.500. The highest BCUT2D eigenvalue weighted by molar-refractivity contribution is 7.12. The number of benzene rings is 1. The summed E-state index contributed by atoms with van der Waals surface area (Å²) in [5.41, 5.74) is 5.52. The van der Waals surface area contributed by atoms with Crippen molar-refractivity contribution in [1.29, 1.82) is 0 Å². The topological polar surface area (TPSA) is 36.7 Å². The van der Waals surface area contributed by atoms with Crippen LogP contribution in [0.1, 0.15) is 59.1 Å². The van der Waals surface area contributed by atoms with E-state index in [0.717, 1.165) is 57.6 Å². The van der Waals surface area contributed by atoms with Gasteiger partial charge in [-0.15, -0.1) is 11.3 Å². The lowest BCUT2D eigenvalue weighted by Crippen LogP contribution is -2.34. The minimum absolute atomic E-state index is 0.201. The standard InChI is InChI=1S/C26H32N2O2S/c1-3-20-22-10-15-28(18(2)29)16-26(22)31-25(20)11-14-27-12-8-19(9-13-27)23-17-30-24-7-5-4-6-21(23)24/h4-7,17,19H,3,8-16H2,1-2H3. The van der Waals surface area contributed by atoms with Gasteiger partial charge in [0, 0.05) is 40.7 Å². The first-order valence-corrected chi connectivity index (χ1v) is 12.5. The summed E-state index contributed by atoms with van der Waals surface area (Å²) in [4.78, 5) is 19.4. The fourth-order valence-electron chi connectivity index (χ4n) is 5.45. The van der Waals surface area contributed by atoms with Crippen LogP contribution in [0.3, 0.4) is 0 Å². The number of fused-ring (bicyclic) bond motifs is 2. The summed E-state index contributed by atoms with van der Waals surface area (Å²) in [6.07, 6.45) is 7.67. The lowest BCUT2D eigenvalue weighted by atomic mass is 9.89. The number of thiophene rings is 1. The van der Waals surface area contributed by atoms with E-state index in [0.29, 0.717) is 5.92 Å². The van der Waals surface area contributed by atoms with Crippen LogP contribution in [-0.2, 0) is 30.6 Å². The molecule has 1 amide bonds. The Labute approximate surface area is 188 Å². The molecule has 1 saturated heterocycles. The summed E-state index contributed by atoms with van der Waals surface area (Å²) in [5.74, 6) is 0.810. The quantitative estimate of drug-likeness (QED) is 0.539. The molecular formula is C26H32N2O2S. The van der Waals surface area contributed by atoms with E-state index in [9.17, 15) is 4.79 Å². The zero-order valence-corrected chi connectivity index (χ0v) is 19.5. The number of para-hydroxylation sites is 1. The highest BCUT2D eigenvalue weighted by atomic mass is 32.1. The lowest BCUT2D eigenvalue weighted by Gasteiger charge is -2.31. The number of rotatable bonds is 5. The second kappa shape index (κ2) is 8.79. The highest BCUT2D eigenvalue weighted by Crippen LogP contribution is 2.36. The summed E-state index contributed by atoms with van der Waals surface area (Å²) >= 11 is 1.96. The number of piperidine rings is 1. The van der Waals surface area contributed by atoms with E-state index in [1.54, 1.807) is 22.9 Å². The van der Waals surface area contributed by atoms with Gasteiger partial charge in [0.15, 0.2) is 0 Å². The van der Waals surface area contributed by atoms with Crippen molar-refractivity contribution in [3.8, 4) is 0 Å². The normalized spacial score (nSPS) is 17.9. The van der Waals surface area contributed by atoms with Crippen LogP contribution in [-0.4, -0.2) is 41.9 Å². The first-order chi connectivity index (χ1) is 15.1. The van der Waals surface area contributed by atoms with Gasteiger partial charge < -0.3 is 14.2 Å². The second-order valence-electron chi connectivity index (χ2n) is 9.00. The SMILES string of the molecule is CCc1c(CCN2CCC(c3coc4ccccc34)CC2)sc2c1CCN(C(C)=O)C2. The van der Waals surface area contributed by atoms with Crippen molar-refractivity contribution in [2.75, 3.05) is 26.2 Å². The smallest absolute Gasteiger partial charge is 0.219 e. The minimum Gasteiger partial charge on any atom is -0.464 e. The molecule has 5 rings (SSSR count). The Balaban J connectivity index is 1.21. The maximum Gasteiger partial charge on any atom is 0.219 e. The molecule has 1 fully saturated rings. The zero-order chi connectivity index (χ0) is 21.4. The molecule has 2 aliphatic rings. The average Bonchev–Trinajstić information content (AvgIpc) is 3.38. The third-order valence-corrected chi connectivity index (χ3v) is 8.56. The van der Waals surface area contributed by atoms with Crippen LogP contribution in [0, 0.1) is 0 Å². The van der Waals surface area contributed by atoms with E-state index in [-0.39, 0.29) is 5.91 Å². The predicted molar refractivity (Wildman–Crippen MR) is 127 cm³/mol. The van der Waals surface area contributed by atoms with Crippen LogP contribution in [0.15, 0.2) is 34.9 Å². The number of carbonyl (C=O) groups excluding carboxylic acids is 1. The van der Waals surface area contributed by atoms with Gasteiger partial charge in [-0.05, 0) is 68.3 Å². The van der Waals surface area contributed by atoms with Crippen molar-refractivity contribution < 1.29 is 9.21 Å². The van der Waals surface area contributed by atoms with Crippen LogP contribution in [0.4, 0.5) is 0 Å². The van der Waals surface area contributed by atoms with Crippen LogP contribution in [0.25, 0.3) is 11.0 Å². The van der Waals surface area contributed by atoms with Gasteiger partial charge >= 0.3 is 0 Å². The van der Waals surface area contributed by atoms with Gasteiger partial charge in [-0.25, -0.2) is 0 Å². The Morgan fingerprint density at radius 1 is 1.19 bits per heavy atom. The summed E-state index contributed by atoms with van der Waals surface area (Å²) in [6, 6.07) is 8.41. The Morgan fingerprint density at radius 2 is 2.00 bits per heavy atom. The summed E-state index contributed by atoms with van der Waals surface area (Å²) in [7, 11) is 0. The summed E-state index contributed by atoms with van der Waals surface area (Å²) in [5, 5.41) is 1.29. The molecule has 2 aromatic heterocycles. The molecular weight excluding hydrogens is 404 g/mol. The number of furan rings is 1. The van der Waals surface area contributed by atoms with Crippen molar-refractivity contribution in [1.82, 2.24) is 9.80 Å². The van der Waals surface area contributed by atoms with Crippen LogP contribution < -0.4 is 0 Å². The minimum atomic E-state index is 0.201. The molecule has 1 aromatic carbocycles. The van der Waals surface area contributed by atoms with Crippen molar-refractivity contribution in [2.24, 2.45) is 0 Å². The molecule has 0 aliphatic carbocycles. The maximum atomic E-state index is 11.8. The monoisotopic (exact) mass is 436 g/mol. The van der Waals surface area contributed by atoms with Crippen molar-refractivity contribution >= 4 is 28.2 Å². The molecule has 4 nitrogen and oxygen atoms in total. The van der Waals surface area contributed by atoms with Crippen molar-refractivity contribution in [3.05, 3.63) is 57.0 Å². The first-order valence-electron chi connectivity index (χ1n) is 11.7. The lowest BCUT2D eigenvalue weighted by molar-refractivity contribution is -0.129. The van der Waals surface area contributed by atoms with Gasteiger partial charge in [-0.1, -0.05) is 25.1 Å². The van der Waals surface area contributed by atoms with E-state index in [1.165, 1.54) is 28.7 Å². The maximum absolute atomic E-state index is 11.8. The van der Waals surface area contributed by atoms with E-state index in [1.807, 2.05) is 28.6 Å². The molecule has 0 unspecified atom stereocenters. The van der Waals surface area contributed by atoms with Gasteiger partial charge in [0.05, 0.1) is 12.8 Å². The molecule has 0 N–H and O–H groups in total. The van der Waals surface area contributed by atoms with E-state index >= 15 is 0 Å². The van der Waals surface area contributed by atoms with Crippen LogP contribution in [0.2, 0.25) is 0 Å². The zero-order valence-electron chi connectivity index (χ0n) is 18.7. The Bertz CT molecular complexity index is 1070. The largest absolute Gasteiger partial charge is 0.464 e. The van der Waals surface area contributed by atoms with Crippen molar-refractivity contribution in [2.45, 2.75) is 58.4 Å². The molecule has 2 aliphatic heterocycles. The van der Waals surface area contributed by atoms with E-state index < -0.39 is 0 Å². The van der Waals surface area contributed by atoms with E-state index in [2.05, 4.69) is 30.0 Å². The summed E-state index contributed by atoms with van der Waals surface area (Å²) in [6.45, 7) is 9.12. The number of nitrogens with zero attached hydrogens (tertiary/aromatic N) is 2. The summed E-state index contributed by atoms with van der Waals surface area (Å²) < 4.78 is 5.79. The van der Waals surface area contributed by atoms with Gasteiger partial charge in [-0.2, -0.15) is 0 Å². The number of carbonyl (C=O) groups is 1. The molecule has 0 spiro atoms. The number of hydrogen-bond donors (Lipinski definition) is 0. The van der Waals surface area contributed by atoms with E-state index in [4.69, 9.17) is 4.42 Å². The molecule has 3 aromatic rings. The second-order valence-corrected chi connectivity index (χ2v) is 10.2. The van der Waals surface area contributed by atoms with Crippen molar-refractivity contribution in [3.63, 3.8) is 0 Å². The molecule has 0 saturated carbocycles. The van der Waals surface area contributed by atoms with Gasteiger partial charge in [0.2, 0.25) is 5.91 Å². The molecule has 164 valence electrons. The fourth-order valence-corrected chi connectivity index (χ4v) is 6.90. The Morgan fingerprint density at radius 3 is 2.77 bits per heavy atom. The molecule has 0 radical (unpaired) electrons. The number of hydrogen-bond acceptors (Lipinski definition) is 4. The third-order valence-electron chi connectivity index (χ3n) is 7.24. The van der Waals surface area contributed by atoms with Gasteiger partial charge in [0.1, 0.15) is 5.58 Å². The molecule has 0 atom stereocenters. The van der Waals surface area contributed by atoms with Gasteiger partial charge in [-0.3, -0.25) is 4.79 Å². The predicted octanol–water partition coefficient (Wildman–Crippen LogP) is 5.38.